The second-order valence-electron chi connectivity index (χ2n) is 7.92. The molecular weight excluding hydrogens is 424 g/mol. The Morgan fingerprint density at radius 3 is 2.42 bits per heavy atom. The van der Waals surface area contributed by atoms with Gasteiger partial charge >= 0.3 is 0 Å². The highest BCUT2D eigenvalue weighted by Gasteiger charge is 2.26. The molecule has 2 aromatic heterocycles. The van der Waals surface area contributed by atoms with E-state index in [9.17, 15) is 4.79 Å². The van der Waals surface area contributed by atoms with E-state index in [1.165, 1.54) is 6.20 Å². The van der Waals surface area contributed by atoms with Crippen molar-refractivity contribution < 1.29 is 18.7 Å². The van der Waals surface area contributed by atoms with Crippen LogP contribution in [0.3, 0.4) is 0 Å². The third-order valence-corrected chi connectivity index (χ3v) is 5.92. The Bertz CT molecular complexity index is 1120. The number of hydrogen-bond acceptors (Lipinski definition) is 9. The van der Waals surface area contributed by atoms with Crippen LogP contribution in [0.25, 0.3) is 0 Å². The van der Waals surface area contributed by atoms with Crippen molar-refractivity contribution >= 4 is 23.3 Å². The number of ether oxygens (including phenoxy) is 2. The molecule has 2 N–H and O–H groups in total. The molecule has 10 nitrogen and oxygen atoms in total. The van der Waals surface area contributed by atoms with Gasteiger partial charge in [-0.1, -0.05) is 0 Å². The number of methoxy groups -OCH3 is 2. The number of carbonyl (C=O) groups is 1. The number of carbonyl (C=O) groups excluding carboxylic acids is 1. The number of piperazine rings is 1. The maximum Gasteiger partial charge on any atom is 0.298 e. The molecule has 0 aliphatic carbocycles. The lowest BCUT2D eigenvalue weighted by Gasteiger charge is -2.30. The van der Waals surface area contributed by atoms with Gasteiger partial charge in [-0.25, -0.2) is 4.98 Å². The molecule has 0 unspecified atom stereocenters. The zero-order valence-electron chi connectivity index (χ0n) is 18.6. The van der Waals surface area contributed by atoms with Crippen LogP contribution in [-0.2, 0) is 13.1 Å². The second-order valence-corrected chi connectivity index (χ2v) is 7.92. The van der Waals surface area contributed by atoms with Gasteiger partial charge in [0, 0.05) is 45.5 Å². The van der Waals surface area contributed by atoms with Gasteiger partial charge in [-0.2, -0.15) is 0 Å². The van der Waals surface area contributed by atoms with E-state index >= 15 is 0 Å². The maximum absolute atomic E-state index is 12.9. The van der Waals surface area contributed by atoms with Crippen molar-refractivity contribution in [1.82, 2.24) is 15.3 Å². The van der Waals surface area contributed by atoms with Crippen LogP contribution in [0.5, 0.6) is 11.5 Å². The normalized spacial score (nSPS) is 15.3. The molecule has 3 aromatic rings. The van der Waals surface area contributed by atoms with Crippen LogP contribution in [0.2, 0.25) is 0 Å². The smallest absolute Gasteiger partial charge is 0.298 e. The molecule has 1 saturated heterocycles. The summed E-state index contributed by atoms with van der Waals surface area (Å²) in [5, 5.41) is 6.26. The molecule has 0 bridgehead atoms. The lowest BCUT2D eigenvalue weighted by atomic mass is 10.1. The predicted octanol–water partition coefficient (Wildman–Crippen LogP) is 2.27. The summed E-state index contributed by atoms with van der Waals surface area (Å²) in [5.41, 5.74) is 3.80. The van der Waals surface area contributed by atoms with E-state index in [0.717, 1.165) is 43.0 Å². The van der Waals surface area contributed by atoms with Gasteiger partial charge in [0.25, 0.3) is 11.9 Å². The Labute approximate surface area is 191 Å². The molecule has 1 amide bonds. The highest BCUT2D eigenvalue weighted by molar-refractivity contribution is 6.04. The number of hydrogen-bond donors (Lipinski definition) is 2. The van der Waals surface area contributed by atoms with Crippen molar-refractivity contribution in [2.75, 3.05) is 55.5 Å². The molecule has 2 aliphatic rings. The van der Waals surface area contributed by atoms with Gasteiger partial charge in [0.1, 0.15) is 0 Å². The fourth-order valence-corrected chi connectivity index (χ4v) is 4.22. The number of fused-ring (bicyclic) bond motifs is 1. The first-order valence-corrected chi connectivity index (χ1v) is 10.8. The average Bonchev–Trinajstić information content (AvgIpc) is 3.51. The number of pyridine rings is 1. The van der Waals surface area contributed by atoms with Gasteiger partial charge in [0.2, 0.25) is 5.76 Å². The molecular formula is C23H26N6O4. The minimum absolute atomic E-state index is 0.145. The number of nitrogens with zero attached hydrogens (tertiary/aromatic N) is 4. The molecule has 5 rings (SSSR count). The molecule has 1 aromatic carbocycles. The standard InChI is InChI=1S/C23H26N6O4/c1-31-19-9-15-13-29(14-16(15)10-20(19)32-2)23-26-12-21(33-23)22(30)27-17-11-25-4-3-18(17)28-7-5-24-6-8-28/h3-4,9-12,24H,5-8,13-14H2,1-2H3,(H,27,30). The van der Waals surface area contributed by atoms with E-state index in [4.69, 9.17) is 13.9 Å². The van der Waals surface area contributed by atoms with Crippen molar-refractivity contribution in [3.8, 4) is 11.5 Å². The van der Waals surface area contributed by atoms with E-state index in [0.29, 0.717) is 36.3 Å². The van der Waals surface area contributed by atoms with Gasteiger partial charge in [-0.15, -0.1) is 0 Å². The Kier molecular flexibility index (Phi) is 5.74. The highest BCUT2D eigenvalue weighted by Crippen LogP contribution is 2.36. The third-order valence-electron chi connectivity index (χ3n) is 5.92. The molecule has 0 atom stereocenters. The Hall–Kier alpha value is -3.79. The lowest BCUT2D eigenvalue weighted by Crippen LogP contribution is -2.43. The average molecular weight is 450 g/mol. The summed E-state index contributed by atoms with van der Waals surface area (Å²) < 4.78 is 16.6. The van der Waals surface area contributed by atoms with Crippen LogP contribution < -0.4 is 29.9 Å². The van der Waals surface area contributed by atoms with Gasteiger partial charge in [-0.3, -0.25) is 9.78 Å². The molecule has 1 fully saturated rings. The second kappa shape index (κ2) is 8.99. The van der Waals surface area contributed by atoms with Crippen LogP contribution in [0.1, 0.15) is 21.7 Å². The van der Waals surface area contributed by atoms with Gasteiger partial charge < -0.3 is 34.3 Å². The van der Waals surface area contributed by atoms with E-state index in [1.54, 1.807) is 26.6 Å². The number of oxazole rings is 1. The molecule has 4 heterocycles. The molecule has 0 radical (unpaired) electrons. The Morgan fingerprint density at radius 2 is 1.76 bits per heavy atom. The minimum Gasteiger partial charge on any atom is -0.493 e. The molecule has 172 valence electrons. The first kappa shape index (κ1) is 21.1. The topological polar surface area (TPSA) is 105 Å². The van der Waals surface area contributed by atoms with E-state index in [-0.39, 0.29) is 11.7 Å². The fourth-order valence-electron chi connectivity index (χ4n) is 4.22. The van der Waals surface area contributed by atoms with Crippen molar-refractivity contribution in [3.05, 3.63) is 53.7 Å². The summed E-state index contributed by atoms with van der Waals surface area (Å²) in [4.78, 5) is 25.6. The summed E-state index contributed by atoms with van der Waals surface area (Å²) >= 11 is 0. The van der Waals surface area contributed by atoms with Crippen molar-refractivity contribution in [2.24, 2.45) is 0 Å². The maximum atomic E-state index is 12.9. The van der Waals surface area contributed by atoms with Crippen LogP contribution >= 0.6 is 0 Å². The summed E-state index contributed by atoms with van der Waals surface area (Å²) in [6.07, 6.45) is 4.84. The fraction of sp³-hybridized carbons (Fsp3) is 0.348. The minimum atomic E-state index is -0.363. The largest absolute Gasteiger partial charge is 0.493 e. The number of rotatable bonds is 6. The predicted molar refractivity (Wildman–Crippen MR) is 123 cm³/mol. The van der Waals surface area contributed by atoms with Crippen LogP contribution in [0.15, 0.2) is 41.2 Å². The zero-order chi connectivity index (χ0) is 22.8. The van der Waals surface area contributed by atoms with E-state index in [1.807, 2.05) is 23.1 Å². The third kappa shape index (κ3) is 4.17. The summed E-state index contributed by atoms with van der Waals surface area (Å²) in [6, 6.07) is 6.23. The molecule has 0 saturated carbocycles. The number of amides is 1. The molecule has 33 heavy (non-hydrogen) atoms. The van der Waals surface area contributed by atoms with Crippen LogP contribution in [0, 0.1) is 0 Å². The van der Waals surface area contributed by atoms with E-state index in [2.05, 4.69) is 25.5 Å². The van der Waals surface area contributed by atoms with Crippen LogP contribution in [0.4, 0.5) is 17.4 Å². The molecule has 10 heteroatoms. The molecule has 2 aliphatic heterocycles. The summed E-state index contributed by atoms with van der Waals surface area (Å²) in [7, 11) is 3.23. The SMILES string of the molecule is COc1cc2c(cc1OC)CN(c1ncc(C(=O)Nc3cnccc3N3CCNCC3)o1)C2. The number of aromatic nitrogens is 2. The monoisotopic (exact) mass is 450 g/mol. The van der Waals surface area contributed by atoms with Crippen LogP contribution in [-0.4, -0.2) is 56.3 Å². The quantitative estimate of drug-likeness (QED) is 0.585. The lowest BCUT2D eigenvalue weighted by molar-refractivity contribution is 0.0997. The Morgan fingerprint density at radius 1 is 1.06 bits per heavy atom. The van der Waals surface area contributed by atoms with E-state index < -0.39 is 0 Å². The number of benzene rings is 1. The zero-order valence-corrected chi connectivity index (χ0v) is 18.6. The number of nitrogens with one attached hydrogen (secondary N) is 2. The van der Waals surface area contributed by atoms with Crippen molar-refractivity contribution in [1.29, 1.82) is 0 Å². The van der Waals surface area contributed by atoms with Crippen molar-refractivity contribution in [3.63, 3.8) is 0 Å². The summed E-state index contributed by atoms with van der Waals surface area (Å²) in [6.45, 7) is 4.74. The van der Waals surface area contributed by atoms with Gasteiger partial charge in [-0.05, 0) is 29.3 Å². The summed E-state index contributed by atoms with van der Waals surface area (Å²) in [5.74, 6) is 1.15. The molecule has 0 spiro atoms. The van der Waals surface area contributed by atoms with Gasteiger partial charge in [0.15, 0.2) is 11.5 Å². The van der Waals surface area contributed by atoms with Crippen molar-refractivity contribution in [2.45, 2.75) is 13.1 Å². The first-order chi connectivity index (χ1) is 16.2. The number of anilines is 3. The highest BCUT2D eigenvalue weighted by atomic mass is 16.5. The van der Waals surface area contributed by atoms with Gasteiger partial charge in [0.05, 0.1) is 38.0 Å². The first-order valence-electron chi connectivity index (χ1n) is 10.8. The Balaban J connectivity index is 1.30.